The second-order valence-electron chi connectivity index (χ2n) is 5.73. The van der Waals surface area contributed by atoms with Crippen molar-refractivity contribution in [1.29, 1.82) is 0 Å². The highest BCUT2D eigenvalue weighted by molar-refractivity contribution is 6.02. The third-order valence-electron chi connectivity index (χ3n) is 4.40. The van der Waals surface area contributed by atoms with Gasteiger partial charge in [-0.25, -0.2) is 4.79 Å². The molecule has 0 unspecified atom stereocenters. The molecule has 3 rings (SSSR count). The van der Waals surface area contributed by atoms with Crippen molar-refractivity contribution in [3.63, 3.8) is 0 Å². The second kappa shape index (κ2) is 4.83. The average Bonchev–Trinajstić information content (AvgIpc) is 2.91. The molecular formula is C13H19N3O3. The van der Waals surface area contributed by atoms with E-state index in [0.717, 1.165) is 12.8 Å². The predicted octanol–water partition coefficient (Wildman–Crippen LogP) is 0.329. The number of carbonyl (C=O) groups is 3. The fourth-order valence-electron chi connectivity index (χ4n) is 3.22. The number of carbonyl (C=O) groups excluding carboxylic acids is 3. The zero-order chi connectivity index (χ0) is 13.4. The van der Waals surface area contributed by atoms with Gasteiger partial charge >= 0.3 is 6.03 Å². The van der Waals surface area contributed by atoms with Crippen molar-refractivity contribution >= 4 is 17.8 Å². The Balaban J connectivity index is 1.48. The average molecular weight is 265 g/mol. The van der Waals surface area contributed by atoms with Gasteiger partial charge in [0.05, 0.1) is 12.6 Å². The highest BCUT2D eigenvalue weighted by atomic mass is 16.2. The molecule has 6 nitrogen and oxygen atoms in total. The molecular weight excluding hydrogens is 246 g/mol. The first-order chi connectivity index (χ1) is 9.15. The van der Waals surface area contributed by atoms with Crippen LogP contribution in [0.1, 0.15) is 32.1 Å². The number of imide groups is 1. The lowest BCUT2D eigenvalue weighted by Gasteiger charge is -2.42. The highest BCUT2D eigenvalue weighted by Crippen LogP contribution is 2.29. The van der Waals surface area contributed by atoms with Gasteiger partial charge in [0.25, 0.3) is 0 Å². The number of likely N-dealkylation sites (tertiary alicyclic amines) is 1. The molecule has 0 bridgehead atoms. The molecule has 1 N–H and O–H groups in total. The topological polar surface area (TPSA) is 69.7 Å². The molecule has 4 amide bonds. The van der Waals surface area contributed by atoms with Crippen molar-refractivity contribution < 1.29 is 14.4 Å². The maximum Gasteiger partial charge on any atom is 0.324 e. The van der Waals surface area contributed by atoms with Gasteiger partial charge in [-0.1, -0.05) is 12.8 Å². The first-order valence-electron chi connectivity index (χ1n) is 7.03. The van der Waals surface area contributed by atoms with Gasteiger partial charge in [-0.3, -0.25) is 14.5 Å². The lowest BCUT2D eigenvalue weighted by Crippen LogP contribution is -2.62. The molecule has 0 radical (unpaired) electrons. The van der Waals surface area contributed by atoms with Gasteiger partial charge in [0, 0.05) is 19.5 Å². The molecule has 0 spiro atoms. The fraction of sp³-hybridized carbons (Fsp3) is 0.769. The lowest BCUT2D eigenvalue weighted by atomic mass is 10.0. The first-order valence-corrected chi connectivity index (χ1v) is 7.03. The van der Waals surface area contributed by atoms with Crippen LogP contribution in [0.25, 0.3) is 0 Å². The number of amides is 4. The van der Waals surface area contributed by atoms with E-state index in [4.69, 9.17) is 0 Å². The van der Waals surface area contributed by atoms with Crippen molar-refractivity contribution in [2.45, 2.75) is 38.1 Å². The third-order valence-corrected chi connectivity index (χ3v) is 4.40. The summed E-state index contributed by atoms with van der Waals surface area (Å²) in [6.07, 6.45) is 5.44. The van der Waals surface area contributed by atoms with Crippen LogP contribution < -0.4 is 5.32 Å². The van der Waals surface area contributed by atoms with Gasteiger partial charge in [-0.2, -0.15) is 0 Å². The van der Waals surface area contributed by atoms with E-state index in [9.17, 15) is 14.4 Å². The Labute approximate surface area is 112 Å². The minimum Gasteiger partial charge on any atom is -0.338 e. The van der Waals surface area contributed by atoms with Crippen LogP contribution in [0.4, 0.5) is 4.79 Å². The Morgan fingerprint density at radius 3 is 2.47 bits per heavy atom. The van der Waals surface area contributed by atoms with Crippen molar-refractivity contribution in [3.05, 3.63) is 0 Å². The van der Waals surface area contributed by atoms with Gasteiger partial charge in [0.2, 0.25) is 11.8 Å². The summed E-state index contributed by atoms with van der Waals surface area (Å²) in [6.45, 7) is 1.10. The zero-order valence-electron chi connectivity index (χ0n) is 10.9. The number of urea groups is 1. The van der Waals surface area contributed by atoms with Crippen molar-refractivity contribution in [3.8, 4) is 0 Å². The monoisotopic (exact) mass is 265 g/mol. The summed E-state index contributed by atoms with van der Waals surface area (Å²) in [5.74, 6) is 0.538. The Kier molecular flexibility index (Phi) is 3.16. The molecule has 1 aliphatic carbocycles. The SMILES string of the molecule is O=C(CC1CCCC1)N1CC(N2C(=O)CNC2=O)C1. The van der Waals surface area contributed by atoms with Gasteiger partial charge < -0.3 is 10.2 Å². The van der Waals surface area contributed by atoms with Crippen LogP contribution >= 0.6 is 0 Å². The Hall–Kier alpha value is -1.59. The molecule has 3 fully saturated rings. The number of hydrogen-bond donors (Lipinski definition) is 1. The van der Waals surface area contributed by atoms with Gasteiger partial charge in [0.15, 0.2) is 0 Å². The molecule has 2 heterocycles. The van der Waals surface area contributed by atoms with Crippen LogP contribution in [0.3, 0.4) is 0 Å². The quantitative estimate of drug-likeness (QED) is 0.748. The van der Waals surface area contributed by atoms with Gasteiger partial charge in [0.1, 0.15) is 0 Å². The van der Waals surface area contributed by atoms with E-state index in [2.05, 4.69) is 5.32 Å². The second-order valence-corrected chi connectivity index (χ2v) is 5.73. The maximum atomic E-state index is 12.0. The Bertz CT molecular complexity index is 395. The van der Waals surface area contributed by atoms with E-state index in [1.807, 2.05) is 0 Å². The summed E-state index contributed by atoms with van der Waals surface area (Å²) >= 11 is 0. The molecule has 19 heavy (non-hydrogen) atoms. The van der Waals surface area contributed by atoms with Crippen LogP contribution in [-0.2, 0) is 9.59 Å². The molecule has 3 aliphatic rings. The number of hydrogen-bond acceptors (Lipinski definition) is 3. The predicted molar refractivity (Wildman–Crippen MR) is 67.2 cm³/mol. The molecule has 0 aromatic rings. The molecule has 6 heteroatoms. The smallest absolute Gasteiger partial charge is 0.324 e. The molecule has 104 valence electrons. The first kappa shape index (κ1) is 12.4. The van der Waals surface area contributed by atoms with E-state index >= 15 is 0 Å². The van der Waals surface area contributed by atoms with Crippen molar-refractivity contribution in [1.82, 2.24) is 15.1 Å². The van der Waals surface area contributed by atoms with Gasteiger partial charge in [-0.05, 0) is 18.8 Å². The number of nitrogens with zero attached hydrogens (tertiary/aromatic N) is 2. The summed E-state index contributed by atoms with van der Waals surface area (Å²) in [7, 11) is 0. The summed E-state index contributed by atoms with van der Waals surface area (Å²) in [4.78, 5) is 38.0. The Morgan fingerprint density at radius 2 is 1.89 bits per heavy atom. The summed E-state index contributed by atoms with van der Waals surface area (Å²) < 4.78 is 0. The highest BCUT2D eigenvalue weighted by Gasteiger charge is 2.43. The minimum atomic E-state index is -0.321. The molecule has 2 saturated heterocycles. The zero-order valence-corrected chi connectivity index (χ0v) is 10.9. The van der Waals surface area contributed by atoms with E-state index in [1.165, 1.54) is 17.7 Å². The molecule has 0 aromatic heterocycles. The standard InChI is InChI=1S/C13H19N3O3/c17-11(5-9-3-1-2-4-9)15-7-10(8-15)16-12(18)6-14-13(16)19/h9-10H,1-8H2,(H,14,19). The van der Waals surface area contributed by atoms with Crippen LogP contribution in [0, 0.1) is 5.92 Å². The van der Waals surface area contributed by atoms with E-state index in [-0.39, 0.29) is 30.4 Å². The van der Waals surface area contributed by atoms with Crippen LogP contribution in [0.5, 0.6) is 0 Å². The molecule has 1 saturated carbocycles. The van der Waals surface area contributed by atoms with E-state index < -0.39 is 0 Å². The summed E-state index contributed by atoms with van der Waals surface area (Å²) in [6, 6.07) is -0.444. The van der Waals surface area contributed by atoms with E-state index in [0.29, 0.717) is 25.4 Å². The van der Waals surface area contributed by atoms with Crippen molar-refractivity contribution in [2.75, 3.05) is 19.6 Å². The minimum absolute atomic E-state index is 0.0886. The van der Waals surface area contributed by atoms with Crippen LogP contribution in [-0.4, -0.2) is 53.3 Å². The lowest BCUT2D eigenvalue weighted by molar-refractivity contribution is -0.142. The molecule has 2 aliphatic heterocycles. The van der Waals surface area contributed by atoms with Crippen molar-refractivity contribution in [2.24, 2.45) is 5.92 Å². The summed E-state index contributed by atoms with van der Waals surface area (Å²) in [5, 5.41) is 2.51. The van der Waals surface area contributed by atoms with Crippen LogP contribution in [0.15, 0.2) is 0 Å². The normalized spacial score (nSPS) is 24.8. The van der Waals surface area contributed by atoms with Crippen LogP contribution in [0.2, 0.25) is 0 Å². The van der Waals surface area contributed by atoms with Gasteiger partial charge in [-0.15, -0.1) is 0 Å². The number of rotatable bonds is 3. The molecule has 0 atom stereocenters. The fourth-order valence-corrected chi connectivity index (χ4v) is 3.22. The molecule has 0 aromatic carbocycles. The largest absolute Gasteiger partial charge is 0.338 e. The number of nitrogens with one attached hydrogen (secondary N) is 1. The van der Waals surface area contributed by atoms with E-state index in [1.54, 1.807) is 4.90 Å². The Morgan fingerprint density at radius 1 is 1.21 bits per heavy atom. The maximum absolute atomic E-state index is 12.0. The summed E-state index contributed by atoms with van der Waals surface area (Å²) in [5.41, 5.74) is 0. The third kappa shape index (κ3) is 2.31.